The molecule has 0 bridgehead atoms. The summed E-state index contributed by atoms with van der Waals surface area (Å²) in [6.45, 7) is 0.771. The lowest BCUT2D eigenvalue weighted by molar-refractivity contribution is 0.351. The number of benzene rings is 2. The summed E-state index contributed by atoms with van der Waals surface area (Å²) in [5, 5.41) is 11.4. The number of aryl methyl sites for hydroxylation is 1. The first-order valence-electron chi connectivity index (χ1n) is 11.3. The van der Waals surface area contributed by atoms with Gasteiger partial charge in [0.1, 0.15) is 23.7 Å². The van der Waals surface area contributed by atoms with E-state index in [-0.39, 0.29) is 12.4 Å². The number of nitrogens with one attached hydrogen (secondary N) is 2. The first-order chi connectivity index (χ1) is 17.6. The number of rotatable bonds is 6. The Hall–Kier alpha value is -4.09. The summed E-state index contributed by atoms with van der Waals surface area (Å²) in [5.41, 5.74) is 5.80. The number of ether oxygens (including phenoxy) is 2. The maximum Gasteiger partial charge on any atom is 0.240 e. The lowest BCUT2D eigenvalue weighted by Crippen LogP contribution is -2.25. The van der Waals surface area contributed by atoms with Crippen LogP contribution in [0.2, 0.25) is 0 Å². The predicted octanol–water partition coefficient (Wildman–Crippen LogP) is 4.95. The quantitative estimate of drug-likeness (QED) is 0.336. The summed E-state index contributed by atoms with van der Waals surface area (Å²) >= 11 is 1.57. The van der Waals surface area contributed by atoms with Gasteiger partial charge in [-0.1, -0.05) is 0 Å². The van der Waals surface area contributed by atoms with Crippen LogP contribution in [0, 0.1) is 0 Å². The third-order valence-electron chi connectivity index (χ3n) is 5.94. The topological polar surface area (TPSA) is 99.0 Å². The number of nitrogens with zero attached hydrogens (tertiary/aromatic N) is 5. The normalized spacial score (nSPS) is 14.0. The summed E-state index contributed by atoms with van der Waals surface area (Å²) in [7, 11) is 3.40. The number of aromatic nitrogens is 5. The lowest BCUT2D eigenvalue weighted by Gasteiger charge is -2.19. The smallest absolute Gasteiger partial charge is 0.240 e. The number of hydrogen-bond donors (Lipinski definition) is 2. The molecule has 2 N–H and O–H groups in total. The van der Waals surface area contributed by atoms with Gasteiger partial charge >= 0.3 is 0 Å². The number of methoxy groups -OCH3 is 1. The van der Waals surface area contributed by atoms with E-state index in [1.165, 1.54) is 6.33 Å². The molecule has 4 heterocycles. The molecule has 0 saturated heterocycles. The number of fused-ring (bicyclic) bond motifs is 2. The molecule has 0 radical (unpaired) electrons. The minimum atomic E-state index is -0.319. The van der Waals surface area contributed by atoms with Gasteiger partial charge in [-0.15, -0.1) is 16.4 Å². The summed E-state index contributed by atoms with van der Waals surface area (Å²) in [6.07, 6.45) is 3.79. The molecule has 2 aromatic carbocycles. The first-order valence-corrected chi connectivity index (χ1v) is 12.2. The van der Waals surface area contributed by atoms with E-state index in [2.05, 4.69) is 30.7 Å². The van der Waals surface area contributed by atoms with E-state index in [0.717, 1.165) is 27.0 Å². The van der Waals surface area contributed by atoms with Crippen molar-refractivity contribution in [2.45, 2.75) is 6.42 Å². The van der Waals surface area contributed by atoms with Gasteiger partial charge in [-0.05, 0) is 35.9 Å². The zero-order chi connectivity index (χ0) is 24.6. The van der Waals surface area contributed by atoms with Gasteiger partial charge in [-0.25, -0.2) is 19.3 Å². The van der Waals surface area contributed by atoms with Crippen LogP contribution >= 0.6 is 11.3 Å². The van der Waals surface area contributed by atoms with Gasteiger partial charge in [-0.2, -0.15) is 0 Å². The third-order valence-corrected chi connectivity index (χ3v) is 6.73. The van der Waals surface area contributed by atoms with Crippen molar-refractivity contribution >= 4 is 44.0 Å². The number of anilines is 2. The highest BCUT2D eigenvalue weighted by atomic mass is 32.1. The molecule has 1 aliphatic heterocycles. The van der Waals surface area contributed by atoms with Gasteiger partial charge < -0.3 is 20.1 Å². The molecule has 0 unspecified atom stereocenters. The highest BCUT2D eigenvalue weighted by Gasteiger charge is 2.21. The van der Waals surface area contributed by atoms with Crippen LogP contribution in [0.5, 0.6) is 11.6 Å². The van der Waals surface area contributed by atoms with Gasteiger partial charge in [0.15, 0.2) is 5.83 Å². The summed E-state index contributed by atoms with van der Waals surface area (Å²) in [5.74, 6) is 1.45. The average molecular weight is 504 g/mol. The molecule has 0 saturated carbocycles. The second-order valence-electron chi connectivity index (χ2n) is 8.33. The van der Waals surface area contributed by atoms with Crippen molar-refractivity contribution in [3.63, 3.8) is 0 Å². The fourth-order valence-electron chi connectivity index (χ4n) is 4.24. The summed E-state index contributed by atoms with van der Waals surface area (Å²) < 4.78 is 29.1. The molecule has 0 amide bonds. The van der Waals surface area contributed by atoms with Gasteiger partial charge in [0.05, 0.1) is 45.8 Å². The molecule has 9 nitrogen and oxygen atoms in total. The van der Waals surface area contributed by atoms with E-state index >= 15 is 0 Å². The van der Waals surface area contributed by atoms with Crippen LogP contribution in [-0.2, 0) is 7.05 Å². The van der Waals surface area contributed by atoms with Crippen molar-refractivity contribution in [3.05, 3.63) is 60.0 Å². The fraction of sp³-hybridized carbons (Fsp3) is 0.200. The van der Waals surface area contributed by atoms with Crippen LogP contribution in [0.4, 0.5) is 15.9 Å². The molecule has 3 aromatic heterocycles. The molecule has 5 aromatic rings. The van der Waals surface area contributed by atoms with Crippen LogP contribution in [0.1, 0.15) is 6.42 Å². The van der Waals surface area contributed by atoms with Crippen molar-refractivity contribution in [2.24, 2.45) is 7.05 Å². The standard InChI is InChI=1S/C25H22FN7O2S/c1-33-11-16(25(32-33)34-2)14-7-19-23(21(8-14)35-20-5-6-27-10-17(20)26)24(29-12-28-19)31-15-3-4-18-22(9-15)36-13-30-18/h3-4,7-9,11-13,27H,5-6,10H2,1-2H3,(H,28,29,31). The minimum Gasteiger partial charge on any atom is -0.479 e. The number of halogens is 1. The Labute approximate surface area is 209 Å². The molecule has 11 heteroatoms. The maximum absolute atomic E-state index is 14.7. The van der Waals surface area contributed by atoms with E-state index in [1.807, 2.05) is 49.1 Å². The third kappa shape index (κ3) is 4.12. The Kier molecular flexibility index (Phi) is 5.70. The van der Waals surface area contributed by atoms with Crippen LogP contribution < -0.4 is 20.1 Å². The molecule has 0 fully saturated rings. The molecule has 36 heavy (non-hydrogen) atoms. The van der Waals surface area contributed by atoms with Crippen LogP contribution in [0.3, 0.4) is 0 Å². The molecule has 6 rings (SSSR count). The lowest BCUT2D eigenvalue weighted by atomic mass is 10.0. The average Bonchev–Trinajstić information content (AvgIpc) is 3.51. The summed E-state index contributed by atoms with van der Waals surface area (Å²) in [6, 6.07) is 9.70. The zero-order valence-electron chi connectivity index (χ0n) is 19.6. The first kappa shape index (κ1) is 22.4. The van der Waals surface area contributed by atoms with Gasteiger partial charge in [0, 0.05) is 31.9 Å². The fourth-order valence-corrected chi connectivity index (χ4v) is 4.96. The van der Waals surface area contributed by atoms with E-state index in [4.69, 9.17) is 9.47 Å². The molecule has 182 valence electrons. The molecule has 0 atom stereocenters. The van der Waals surface area contributed by atoms with E-state index in [9.17, 15) is 4.39 Å². The highest BCUT2D eigenvalue weighted by Crippen LogP contribution is 2.40. The second kappa shape index (κ2) is 9.17. The predicted molar refractivity (Wildman–Crippen MR) is 137 cm³/mol. The largest absolute Gasteiger partial charge is 0.479 e. The van der Waals surface area contributed by atoms with Crippen molar-refractivity contribution < 1.29 is 13.9 Å². The zero-order valence-corrected chi connectivity index (χ0v) is 20.4. The Morgan fingerprint density at radius 1 is 1.14 bits per heavy atom. The summed E-state index contributed by atoms with van der Waals surface area (Å²) in [4.78, 5) is 13.4. The second-order valence-corrected chi connectivity index (χ2v) is 9.22. The molecule has 0 aliphatic carbocycles. The van der Waals surface area contributed by atoms with Crippen molar-refractivity contribution in [1.82, 2.24) is 30.0 Å². The molecule has 1 aliphatic rings. The van der Waals surface area contributed by atoms with Gasteiger partial charge in [0.2, 0.25) is 5.88 Å². The van der Waals surface area contributed by atoms with Crippen molar-refractivity contribution in [1.29, 1.82) is 0 Å². The van der Waals surface area contributed by atoms with Gasteiger partial charge in [-0.3, -0.25) is 4.68 Å². The Balaban J connectivity index is 1.51. The van der Waals surface area contributed by atoms with Crippen molar-refractivity contribution in [3.8, 4) is 22.8 Å². The Bertz CT molecular complexity index is 1630. The molecular formula is C25H22FN7O2S. The minimum absolute atomic E-state index is 0.139. The van der Waals surface area contributed by atoms with E-state index < -0.39 is 0 Å². The van der Waals surface area contributed by atoms with E-state index in [0.29, 0.717) is 47.1 Å². The van der Waals surface area contributed by atoms with Gasteiger partial charge in [0.25, 0.3) is 0 Å². The monoisotopic (exact) mass is 503 g/mol. The van der Waals surface area contributed by atoms with E-state index in [1.54, 1.807) is 23.1 Å². The maximum atomic E-state index is 14.7. The highest BCUT2D eigenvalue weighted by molar-refractivity contribution is 7.16. The number of hydrogen-bond acceptors (Lipinski definition) is 9. The Morgan fingerprint density at radius 3 is 2.92 bits per heavy atom. The van der Waals surface area contributed by atoms with Crippen molar-refractivity contribution in [2.75, 3.05) is 25.5 Å². The van der Waals surface area contributed by atoms with Crippen LogP contribution in [-0.4, -0.2) is 44.9 Å². The molecule has 0 spiro atoms. The molecular weight excluding hydrogens is 481 g/mol. The van der Waals surface area contributed by atoms with Crippen LogP contribution in [0.25, 0.3) is 32.2 Å². The number of thiazole rings is 1. The van der Waals surface area contributed by atoms with Crippen LogP contribution in [0.15, 0.2) is 60.0 Å². The Morgan fingerprint density at radius 2 is 2.06 bits per heavy atom. The SMILES string of the molecule is COc1nn(C)cc1-c1cc(OC2=C(F)CNCC2)c2c(Nc3ccc4ncsc4c3)ncnc2c1.